The summed E-state index contributed by atoms with van der Waals surface area (Å²) in [6.07, 6.45) is 0.447. The zero-order chi connectivity index (χ0) is 10.4. The molecular formula is C7H14N2O3S. The van der Waals surface area contributed by atoms with Gasteiger partial charge in [-0.25, -0.2) is 0 Å². The lowest BCUT2D eigenvalue weighted by atomic mass is 10.2. The van der Waals surface area contributed by atoms with E-state index in [1.54, 1.807) is 25.9 Å². The van der Waals surface area contributed by atoms with E-state index in [1.807, 2.05) is 0 Å². The van der Waals surface area contributed by atoms with Crippen molar-refractivity contribution in [2.24, 2.45) is 0 Å². The second kappa shape index (κ2) is 5.69. The molecule has 0 aliphatic heterocycles. The molecule has 0 aromatic rings. The molecule has 5 nitrogen and oxygen atoms in total. The monoisotopic (exact) mass is 206 g/mol. The fourth-order valence-corrected chi connectivity index (χ4v) is 0.692. The molecule has 0 bridgehead atoms. The van der Waals surface area contributed by atoms with Gasteiger partial charge in [-0.1, -0.05) is 6.92 Å². The molecule has 0 saturated heterocycles. The first-order chi connectivity index (χ1) is 5.99. The van der Waals surface area contributed by atoms with Crippen molar-refractivity contribution in [1.82, 2.24) is 4.90 Å². The minimum Gasteiger partial charge on any atom is -0.464 e. The normalized spacial score (nSPS) is 11.9. The number of thiocarbonyl (C=S) groups is 1. The molecule has 0 aliphatic carbocycles. The summed E-state index contributed by atoms with van der Waals surface area (Å²) in [7, 11) is 3.46. The zero-order valence-corrected chi connectivity index (χ0v) is 8.84. The third-order valence-corrected chi connectivity index (χ3v) is 2.02. The maximum Gasteiger partial charge on any atom is 0.259 e. The molecule has 0 heterocycles. The Labute approximate surface area is 82.8 Å². The van der Waals surface area contributed by atoms with E-state index in [0.717, 1.165) is 0 Å². The smallest absolute Gasteiger partial charge is 0.259 e. The Balaban J connectivity index is 3.85. The molecule has 0 N–H and O–H groups in total. The summed E-state index contributed by atoms with van der Waals surface area (Å²) in [5.74, 6) is 0. The van der Waals surface area contributed by atoms with Crippen molar-refractivity contribution in [3.63, 3.8) is 0 Å². The Kier molecular flexibility index (Phi) is 5.29. The molecule has 0 aromatic carbocycles. The fraction of sp³-hybridized carbons (Fsp3) is 0.857. The number of rotatable bonds is 4. The van der Waals surface area contributed by atoms with Gasteiger partial charge in [0.1, 0.15) is 0 Å². The summed E-state index contributed by atoms with van der Waals surface area (Å²) < 4.78 is 5.03. The average molecular weight is 206 g/mol. The van der Waals surface area contributed by atoms with Crippen LogP contribution in [0.25, 0.3) is 0 Å². The molecule has 0 radical (unpaired) electrons. The summed E-state index contributed by atoms with van der Waals surface area (Å²) in [6.45, 7) is 1.79. The maximum absolute atomic E-state index is 10.4. The largest absolute Gasteiger partial charge is 0.464 e. The second-order valence-electron chi connectivity index (χ2n) is 2.82. The first-order valence-electron chi connectivity index (χ1n) is 3.96. The van der Waals surface area contributed by atoms with Crippen LogP contribution in [0.15, 0.2) is 0 Å². The SMILES string of the molecule is CCC(COC(=S)N(C)C)[N+](=O)[O-]. The van der Waals surface area contributed by atoms with Gasteiger partial charge in [-0.3, -0.25) is 10.1 Å². The van der Waals surface area contributed by atoms with Crippen molar-refractivity contribution in [3.05, 3.63) is 10.1 Å². The minimum atomic E-state index is -0.669. The number of ether oxygens (including phenoxy) is 1. The summed E-state index contributed by atoms with van der Waals surface area (Å²) in [4.78, 5) is 11.6. The van der Waals surface area contributed by atoms with Crippen molar-refractivity contribution in [3.8, 4) is 0 Å². The van der Waals surface area contributed by atoms with E-state index >= 15 is 0 Å². The van der Waals surface area contributed by atoms with Gasteiger partial charge in [0, 0.05) is 25.4 Å². The van der Waals surface area contributed by atoms with Crippen LogP contribution in [0, 0.1) is 10.1 Å². The Hall–Kier alpha value is -0.910. The molecule has 1 unspecified atom stereocenters. The van der Waals surface area contributed by atoms with Crippen molar-refractivity contribution < 1.29 is 9.66 Å². The lowest BCUT2D eigenvalue weighted by Crippen LogP contribution is -2.30. The van der Waals surface area contributed by atoms with E-state index in [1.165, 1.54) is 0 Å². The summed E-state index contributed by atoms with van der Waals surface area (Å²) in [5.41, 5.74) is 0. The highest BCUT2D eigenvalue weighted by Crippen LogP contribution is 1.98. The maximum atomic E-state index is 10.4. The fourth-order valence-electron chi connectivity index (χ4n) is 0.624. The van der Waals surface area contributed by atoms with Gasteiger partial charge < -0.3 is 9.64 Å². The molecule has 13 heavy (non-hydrogen) atoms. The van der Waals surface area contributed by atoms with Crippen LogP contribution in [0.3, 0.4) is 0 Å². The Morgan fingerprint density at radius 3 is 2.54 bits per heavy atom. The highest BCUT2D eigenvalue weighted by Gasteiger charge is 2.18. The predicted octanol–water partition coefficient (Wildman–Crippen LogP) is 0.905. The Bertz CT molecular complexity index is 196. The predicted molar refractivity (Wildman–Crippen MR) is 53.3 cm³/mol. The van der Waals surface area contributed by atoms with Crippen LogP contribution in [0.5, 0.6) is 0 Å². The average Bonchev–Trinajstić information content (AvgIpc) is 2.04. The number of nitro groups is 1. The van der Waals surface area contributed by atoms with Gasteiger partial charge in [0.2, 0.25) is 6.04 Å². The highest BCUT2D eigenvalue weighted by atomic mass is 32.1. The Morgan fingerprint density at radius 1 is 1.69 bits per heavy atom. The van der Waals surface area contributed by atoms with Gasteiger partial charge in [-0.05, 0) is 12.2 Å². The molecule has 0 aromatic heterocycles. The van der Waals surface area contributed by atoms with E-state index in [0.29, 0.717) is 6.42 Å². The molecule has 76 valence electrons. The van der Waals surface area contributed by atoms with Gasteiger partial charge >= 0.3 is 0 Å². The molecule has 0 amide bonds. The van der Waals surface area contributed by atoms with Crippen molar-refractivity contribution in [2.75, 3.05) is 20.7 Å². The Morgan fingerprint density at radius 2 is 2.23 bits per heavy atom. The first-order valence-corrected chi connectivity index (χ1v) is 4.37. The quantitative estimate of drug-likeness (QED) is 0.388. The molecule has 1 atom stereocenters. The van der Waals surface area contributed by atoms with E-state index < -0.39 is 6.04 Å². The third-order valence-electron chi connectivity index (χ3n) is 1.53. The van der Waals surface area contributed by atoms with Crippen LogP contribution in [-0.4, -0.2) is 41.7 Å². The molecule has 0 fully saturated rings. The van der Waals surface area contributed by atoms with E-state index in [4.69, 9.17) is 17.0 Å². The lowest BCUT2D eigenvalue weighted by molar-refractivity contribution is -0.525. The highest BCUT2D eigenvalue weighted by molar-refractivity contribution is 7.80. The number of hydrogen-bond acceptors (Lipinski definition) is 4. The van der Waals surface area contributed by atoms with Crippen LogP contribution in [-0.2, 0) is 4.74 Å². The molecule has 0 rings (SSSR count). The van der Waals surface area contributed by atoms with Crippen LogP contribution >= 0.6 is 12.2 Å². The first kappa shape index (κ1) is 12.1. The number of hydrogen-bond donors (Lipinski definition) is 0. The molecular weight excluding hydrogens is 192 g/mol. The van der Waals surface area contributed by atoms with Crippen LogP contribution in [0.1, 0.15) is 13.3 Å². The van der Waals surface area contributed by atoms with Crippen LogP contribution in [0.2, 0.25) is 0 Å². The van der Waals surface area contributed by atoms with Gasteiger partial charge in [0.15, 0.2) is 6.61 Å². The molecule has 0 aliphatic rings. The summed E-state index contributed by atoms with van der Waals surface area (Å²) in [6, 6.07) is -0.669. The summed E-state index contributed by atoms with van der Waals surface area (Å²) in [5, 5.41) is 10.7. The van der Waals surface area contributed by atoms with Crippen LogP contribution in [0.4, 0.5) is 0 Å². The second-order valence-corrected chi connectivity index (χ2v) is 3.17. The van der Waals surface area contributed by atoms with Crippen LogP contribution < -0.4 is 0 Å². The van der Waals surface area contributed by atoms with Gasteiger partial charge in [0.25, 0.3) is 5.17 Å². The lowest BCUT2D eigenvalue weighted by Gasteiger charge is -2.15. The van der Waals surface area contributed by atoms with E-state index in [9.17, 15) is 10.1 Å². The van der Waals surface area contributed by atoms with Crippen molar-refractivity contribution >= 4 is 17.4 Å². The minimum absolute atomic E-state index is 0.0422. The molecule has 0 spiro atoms. The van der Waals surface area contributed by atoms with Gasteiger partial charge in [0.05, 0.1) is 0 Å². The molecule has 0 saturated carbocycles. The van der Waals surface area contributed by atoms with Crippen molar-refractivity contribution in [1.29, 1.82) is 0 Å². The van der Waals surface area contributed by atoms with E-state index in [-0.39, 0.29) is 16.7 Å². The standard InChI is InChI=1S/C7H14N2O3S/c1-4-6(9(10)11)5-12-7(13)8(2)3/h6H,4-5H2,1-3H3. The van der Waals surface area contributed by atoms with Gasteiger partial charge in [-0.15, -0.1) is 0 Å². The topological polar surface area (TPSA) is 55.6 Å². The zero-order valence-electron chi connectivity index (χ0n) is 8.02. The van der Waals surface area contributed by atoms with E-state index in [2.05, 4.69) is 0 Å². The van der Waals surface area contributed by atoms with Crippen molar-refractivity contribution in [2.45, 2.75) is 19.4 Å². The van der Waals surface area contributed by atoms with Gasteiger partial charge in [-0.2, -0.15) is 0 Å². The molecule has 6 heteroatoms. The summed E-state index contributed by atoms with van der Waals surface area (Å²) >= 11 is 4.81. The third kappa shape index (κ3) is 4.62. The number of nitrogens with zero attached hydrogens (tertiary/aromatic N) is 2.